The molecule has 0 aliphatic rings. The van der Waals surface area contributed by atoms with E-state index in [1.54, 1.807) is 0 Å². The minimum Gasteiger partial charge on any atom is -0.756 e. The quantitative estimate of drug-likeness (QED) is 0.0212. The molecule has 0 aliphatic heterocycles. The normalized spacial score (nSPS) is 14.6. The van der Waals surface area contributed by atoms with E-state index in [1.165, 1.54) is 51.4 Å². The lowest BCUT2D eigenvalue weighted by Gasteiger charge is -2.30. The van der Waals surface area contributed by atoms with Gasteiger partial charge in [-0.2, -0.15) is 0 Å². The number of nitrogens with zero attached hydrogens (tertiary/aromatic N) is 1. The molecule has 0 spiro atoms. The van der Waals surface area contributed by atoms with Crippen LogP contribution in [0.1, 0.15) is 207 Å². The van der Waals surface area contributed by atoms with Gasteiger partial charge in [0.25, 0.3) is 7.82 Å². The van der Waals surface area contributed by atoms with Crippen molar-refractivity contribution in [1.82, 2.24) is 5.32 Å². The molecule has 0 saturated carbocycles. The molecule has 0 aromatic rings. The molecular formula is C58H101N2O7P. The highest BCUT2D eigenvalue weighted by molar-refractivity contribution is 7.45. The Labute approximate surface area is 418 Å². The monoisotopic (exact) mass is 969 g/mol. The summed E-state index contributed by atoms with van der Waals surface area (Å²) in [5.74, 6) is -0.613. The van der Waals surface area contributed by atoms with Gasteiger partial charge in [-0.15, -0.1) is 0 Å². The number of hydrogen-bond donors (Lipinski definition) is 1. The molecule has 0 aromatic heterocycles. The second kappa shape index (κ2) is 47.6. The Morgan fingerprint density at radius 2 is 0.941 bits per heavy atom. The van der Waals surface area contributed by atoms with Crippen molar-refractivity contribution in [2.75, 3.05) is 40.9 Å². The molecule has 0 heterocycles. The Morgan fingerprint density at radius 1 is 0.529 bits per heavy atom. The average Bonchev–Trinajstić information content (AvgIpc) is 3.29. The second-order valence-corrected chi connectivity index (χ2v) is 20.4. The SMILES string of the molecule is CC/C=C/C/C=C/C/C=C/C/C=C/CCCCCC(=O)NC(COP(=O)([O-])OCC[N+](C)(C)C)C(/C=C/CCCCCCCCCCCC)OC(=O)CCCCCC/C=C/C/C=C/C/C=C/CC. The van der Waals surface area contributed by atoms with Gasteiger partial charge in [0.2, 0.25) is 5.91 Å². The van der Waals surface area contributed by atoms with Crippen LogP contribution in [0.15, 0.2) is 97.2 Å². The number of allylic oxidation sites excluding steroid dienone is 15. The van der Waals surface area contributed by atoms with E-state index in [9.17, 15) is 19.0 Å². The van der Waals surface area contributed by atoms with Crippen LogP contribution in [-0.4, -0.2) is 69.4 Å². The van der Waals surface area contributed by atoms with Gasteiger partial charge in [0.1, 0.15) is 19.3 Å². The predicted molar refractivity (Wildman–Crippen MR) is 288 cm³/mol. The van der Waals surface area contributed by atoms with Gasteiger partial charge in [-0.1, -0.05) is 189 Å². The van der Waals surface area contributed by atoms with Gasteiger partial charge in [0, 0.05) is 12.8 Å². The number of quaternary nitrogens is 1. The van der Waals surface area contributed by atoms with Crippen molar-refractivity contribution < 1.29 is 37.3 Å². The van der Waals surface area contributed by atoms with Crippen molar-refractivity contribution in [3.8, 4) is 0 Å². The van der Waals surface area contributed by atoms with Crippen LogP contribution in [-0.2, 0) is 27.9 Å². The minimum atomic E-state index is -4.71. The minimum absolute atomic E-state index is 0.0375. The third kappa shape index (κ3) is 48.0. The van der Waals surface area contributed by atoms with Crippen LogP contribution in [0.4, 0.5) is 0 Å². The Morgan fingerprint density at radius 3 is 1.43 bits per heavy atom. The Balaban J connectivity index is 5.50. The summed E-state index contributed by atoms with van der Waals surface area (Å²) in [5.41, 5.74) is 0. The maximum absolute atomic E-state index is 13.4. The molecule has 10 heteroatoms. The van der Waals surface area contributed by atoms with Crippen LogP contribution in [0.3, 0.4) is 0 Å². The van der Waals surface area contributed by atoms with E-state index >= 15 is 0 Å². The van der Waals surface area contributed by atoms with Crippen LogP contribution in [0.2, 0.25) is 0 Å². The smallest absolute Gasteiger partial charge is 0.306 e. The van der Waals surface area contributed by atoms with E-state index in [2.05, 4.69) is 111 Å². The number of carbonyl (C=O) groups is 2. The number of esters is 1. The molecule has 0 fully saturated rings. The largest absolute Gasteiger partial charge is 0.756 e. The van der Waals surface area contributed by atoms with E-state index in [1.807, 2.05) is 33.3 Å². The maximum atomic E-state index is 13.4. The number of ether oxygens (including phenoxy) is 1. The van der Waals surface area contributed by atoms with Gasteiger partial charge in [0.05, 0.1) is 33.8 Å². The lowest BCUT2D eigenvalue weighted by molar-refractivity contribution is -0.870. The number of amides is 1. The van der Waals surface area contributed by atoms with Crippen molar-refractivity contribution in [3.05, 3.63) is 97.2 Å². The fraction of sp³-hybridized carbons (Fsp3) is 0.690. The van der Waals surface area contributed by atoms with Crippen molar-refractivity contribution in [3.63, 3.8) is 0 Å². The van der Waals surface area contributed by atoms with Crippen molar-refractivity contribution in [2.24, 2.45) is 0 Å². The molecule has 0 rings (SSSR count). The molecule has 68 heavy (non-hydrogen) atoms. The van der Waals surface area contributed by atoms with Crippen LogP contribution in [0, 0.1) is 0 Å². The van der Waals surface area contributed by atoms with E-state index in [-0.39, 0.29) is 31.3 Å². The highest BCUT2D eigenvalue weighted by atomic mass is 31.2. The third-order valence-corrected chi connectivity index (χ3v) is 12.2. The van der Waals surface area contributed by atoms with Gasteiger partial charge in [0.15, 0.2) is 0 Å². The number of hydrogen-bond acceptors (Lipinski definition) is 7. The molecule has 0 radical (unpaired) electrons. The zero-order valence-corrected chi connectivity index (χ0v) is 45.2. The molecule has 0 saturated heterocycles. The first-order chi connectivity index (χ1) is 32.9. The topological polar surface area (TPSA) is 114 Å². The molecule has 390 valence electrons. The van der Waals surface area contributed by atoms with Crippen LogP contribution >= 0.6 is 7.82 Å². The first-order valence-corrected chi connectivity index (χ1v) is 28.5. The number of nitrogens with one attached hydrogen (secondary N) is 1. The average molecular weight is 969 g/mol. The van der Waals surface area contributed by atoms with Crippen LogP contribution in [0.5, 0.6) is 0 Å². The van der Waals surface area contributed by atoms with E-state index in [0.29, 0.717) is 23.9 Å². The van der Waals surface area contributed by atoms with Crippen molar-refractivity contribution >= 4 is 19.7 Å². The van der Waals surface area contributed by atoms with E-state index in [0.717, 1.165) is 109 Å². The Bertz CT molecular complexity index is 1490. The van der Waals surface area contributed by atoms with Crippen molar-refractivity contribution in [2.45, 2.75) is 219 Å². The summed E-state index contributed by atoms with van der Waals surface area (Å²) >= 11 is 0. The summed E-state index contributed by atoms with van der Waals surface area (Å²) in [5, 5.41) is 2.99. The number of phosphoric ester groups is 1. The highest BCUT2D eigenvalue weighted by Crippen LogP contribution is 2.38. The number of carbonyl (C=O) groups excluding carboxylic acids is 2. The fourth-order valence-electron chi connectivity index (χ4n) is 7.11. The van der Waals surface area contributed by atoms with E-state index in [4.69, 9.17) is 13.8 Å². The predicted octanol–water partition coefficient (Wildman–Crippen LogP) is 15.4. The van der Waals surface area contributed by atoms with E-state index < -0.39 is 26.6 Å². The molecule has 1 amide bonds. The van der Waals surface area contributed by atoms with Gasteiger partial charge in [-0.3, -0.25) is 14.2 Å². The number of rotatable bonds is 47. The molecule has 0 bridgehead atoms. The first kappa shape index (κ1) is 64.9. The summed E-state index contributed by atoms with van der Waals surface area (Å²) < 4.78 is 30.1. The number of phosphoric acid groups is 1. The first-order valence-electron chi connectivity index (χ1n) is 27.0. The lowest BCUT2D eigenvalue weighted by atomic mass is 10.1. The van der Waals surface area contributed by atoms with Crippen LogP contribution in [0.25, 0.3) is 0 Å². The summed E-state index contributed by atoms with van der Waals surface area (Å²) in [6.07, 6.45) is 62.3. The van der Waals surface area contributed by atoms with Gasteiger partial charge >= 0.3 is 5.97 Å². The Hall–Kier alpha value is -3.07. The second-order valence-electron chi connectivity index (χ2n) is 19.0. The van der Waals surface area contributed by atoms with Crippen LogP contribution < -0.4 is 10.2 Å². The van der Waals surface area contributed by atoms with Gasteiger partial charge in [-0.05, 0) is 102 Å². The maximum Gasteiger partial charge on any atom is 0.306 e. The highest BCUT2D eigenvalue weighted by Gasteiger charge is 2.27. The zero-order valence-electron chi connectivity index (χ0n) is 44.3. The molecule has 3 atom stereocenters. The summed E-state index contributed by atoms with van der Waals surface area (Å²) in [6, 6.07) is -0.918. The third-order valence-electron chi connectivity index (χ3n) is 11.3. The van der Waals surface area contributed by atoms with Crippen molar-refractivity contribution in [1.29, 1.82) is 0 Å². The zero-order chi connectivity index (χ0) is 50.1. The lowest BCUT2D eigenvalue weighted by Crippen LogP contribution is -2.47. The molecule has 3 unspecified atom stereocenters. The Kier molecular flexibility index (Phi) is 45.5. The fourth-order valence-corrected chi connectivity index (χ4v) is 7.84. The van der Waals surface area contributed by atoms with Gasteiger partial charge < -0.3 is 28.5 Å². The summed E-state index contributed by atoms with van der Waals surface area (Å²) in [7, 11) is 1.13. The molecule has 1 N–H and O–H groups in total. The summed E-state index contributed by atoms with van der Waals surface area (Å²) in [6.45, 7) is 6.54. The molecule has 0 aromatic carbocycles. The number of unbranched alkanes of at least 4 members (excludes halogenated alkanes) is 17. The molecule has 0 aliphatic carbocycles. The van der Waals surface area contributed by atoms with Gasteiger partial charge in [-0.25, -0.2) is 0 Å². The molecule has 9 nitrogen and oxygen atoms in total. The molecular weight excluding hydrogens is 868 g/mol. The standard InChI is InChI=1S/C58H101N2O7P/c1-7-10-13-16-19-22-25-28-30-31-32-35-38-41-44-47-50-57(61)59-55(54-66-68(63,64)65-53-52-60(4,5)6)56(49-46-43-40-37-34-27-24-21-18-15-12-9-3)67-58(62)51-48-45-42-39-36-33-29-26-23-20-17-14-11-8-2/h10-11,13-14,19-20,22-23,28-30,32-33,35,46,49,55-56H,7-9,12,15-18,21,24-27,31,34,36-45,47-48,50-54H2,1-6H3,(H-,59,61,63,64)/b13-10+,14-11+,22-19+,23-20+,30-28+,33-29+,35-32+,49-46+. The summed E-state index contributed by atoms with van der Waals surface area (Å²) in [4.78, 5) is 39.7. The number of likely N-dealkylation sites (N-methyl/N-ethyl adjacent to an activating group) is 1.